The number of nitrogens with one attached hydrogen (secondary N) is 1. The summed E-state index contributed by atoms with van der Waals surface area (Å²) in [6.07, 6.45) is -2.56. The molecule has 1 aliphatic heterocycles. The van der Waals surface area contributed by atoms with Gasteiger partial charge in [-0.25, -0.2) is 4.98 Å². The quantitative estimate of drug-likeness (QED) is 0.132. The molecule has 6 rings (SSSR count). The van der Waals surface area contributed by atoms with Crippen LogP contribution in [0.5, 0.6) is 11.5 Å². The van der Waals surface area contributed by atoms with Crippen molar-refractivity contribution in [1.82, 2.24) is 19.5 Å². The van der Waals surface area contributed by atoms with Crippen LogP contribution >= 0.6 is 0 Å². The minimum Gasteiger partial charge on any atom is -0.497 e. The van der Waals surface area contributed by atoms with Crippen LogP contribution in [0.25, 0.3) is 11.2 Å². The molecule has 4 N–H and O–H groups in total. The van der Waals surface area contributed by atoms with Crippen molar-refractivity contribution in [2.45, 2.75) is 49.9 Å². The van der Waals surface area contributed by atoms with Gasteiger partial charge < -0.3 is 34.5 Å². The number of rotatable bonds is 12. The summed E-state index contributed by atoms with van der Waals surface area (Å²) in [6.45, 7) is 1.70. The zero-order chi connectivity index (χ0) is 33.8. The molecule has 13 heteroatoms. The highest BCUT2D eigenvalue weighted by atomic mass is 16.6. The number of methoxy groups -OCH3 is 2. The number of ether oxygens (including phenoxy) is 5. The van der Waals surface area contributed by atoms with Gasteiger partial charge in [0.05, 0.1) is 27.2 Å². The third-order valence-electron chi connectivity index (χ3n) is 8.40. The van der Waals surface area contributed by atoms with E-state index in [2.05, 4.69) is 15.0 Å². The number of hydrogen-bond donors (Lipinski definition) is 3. The SMILES string of the molecule is CCCC(=O)O[C@@H]1[C@H](O)[C@@H](COC(c2ccccc2)(c2ccc(OC)cc2)c2ccc(OC)cc2)O[C@H]1n1cnc2c(=O)[nH]c(N)nc21. The van der Waals surface area contributed by atoms with Gasteiger partial charge in [0.1, 0.15) is 29.3 Å². The molecule has 0 saturated carbocycles. The maximum Gasteiger partial charge on any atom is 0.306 e. The third kappa shape index (κ3) is 6.10. The van der Waals surface area contributed by atoms with Gasteiger partial charge in [-0.3, -0.25) is 19.1 Å². The predicted octanol–water partition coefficient (Wildman–Crippen LogP) is 3.70. The number of nitrogens with zero attached hydrogens (tertiary/aromatic N) is 3. The van der Waals surface area contributed by atoms with Gasteiger partial charge in [-0.15, -0.1) is 0 Å². The Kier molecular flexibility index (Phi) is 9.44. The first-order valence-electron chi connectivity index (χ1n) is 15.5. The van der Waals surface area contributed by atoms with E-state index in [0.717, 1.165) is 16.7 Å². The number of imidazole rings is 1. The van der Waals surface area contributed by atoms with E-state index in [-0.39, 0.29) is 30.1 Å². The topological polar surface area (TPSA) is 173 Å². The summed E-state index contributed by atoms with van der Waals surface area (Å²) in [5.74, 6) is 0.704. The van der Waals surface area contributed by atoms with E-state index < -0.39 is 41.7 Å². The van der Waals surface area contributed by atoms with Gasteiger partial charge in [-0.2, -0.15) is 4.98 Å². The summed E-state index contributed by atoms with van der Waals surface area (Å²) in [4.78, 5) is 36.1. The number of anilines is 1. The Morgan fingerprint density at radius 2 is 1.58 bits per heavy atom. The first kappa shape index (κ1) is 32.7. The highest BCUT2D eigenvalue weighted by Crippen LogP contribution is 2.43. The Hall–Kier alpha value is -5.24. The number of H-pyrrole nitrogens is 1. The number of hydrogen-bond acceptors (Lipinski definition) is 11. The van der Waals surface area contributed by atoms with Gasteiger partial charge in [-0.1, -0.05) is 61.5 Å². The largest absolute Gasteiger partial charge is 0.497 e. The van der Waals surface area contributed by atoms with Gasteiger partial charge in [0, 0.05) is 6.42 Å². The average molecular weight is 656 g/mol. The van der Waals surface area contributed by atoms with Crippen LogP contribution in [0.2, 0.25) is 0 Å². The molecule has 0 radical (unpaired) electrons. The molecule has 250 valence electrons. The number of benzene rings is 3. The van der Waals surface area contributed by atoms with Crippen LogP contribution in [0, 0.1) is 0 Å². The standard InChI is InChI=1S/C35H37N5O8/c1-4-8-27(41)48-30-29(42)26(47-33(30)40-20-37-28-31(40)38-34(36)39-32(28)43)19-46-35(21-9-6-5-7-10-21,22-11-15-24(44-2)16-12-22)23-13-17-25(45-3)18-14-23/h5-7,9-18,20,26,29-30,33,42H,4,8,19H2,1-3H3,(H3,36,38,39,43)/t26-,29-,30-,33-/m1/s1. The number of fused-ring (bicyclic) bond motifs is 1. The zero-order valence-electron chi connectivity index (χ0n) is 26.7. The fraction of sp³-hybridized carbons (Fsp3) is 0.314. The first-order valence-corrected chi connectivity index (χ1v) is 15.5. The number of aliphatic hydroxyl groups excluding tert-OH is 1. The molecule has 3 heterocycles. The molecule has 1 fully saturated rings. The van der Waals surface area contributed by atoms with Crippen molar-refractivity contribution in [3.05, 3.63) is 112 Å². The van der Waals surface area contributed by atoms with Crippen molar-refractivity contribution in [3.63, 3.8) is 0 Å². The predicted molar refractivity (Wildman–Crippen MR) is 176 cm³/mol. The smallest absolute Gasteiger partial charge is 0.306 e. The summed E-state index contributed by atoms with van der Waals surface area (Å²) in [6, 6.07) is 24.8. The Labute approximate surface area is 276 Å². The van der Waals surface area contributed by atoms with Crippen molar-refractivity contribution in [1.29, 1.82) is 0 Å². The van der Waals surface area contributed by atoms with Gasteiger partial charge in [0.15, 0.2) is 23.5 Å². The molecule has 5 aromatic rings. The normalized spacial score (nSPS) is 19.3. The van der Waals surface area contributed by atoms with Gasteiger partial charge >= 0.3 is 5.97 Å². The van der Waals surface area contributed by atoms with E-state index in [9.17, 15) is 14.7 Å². The molecule has 1 aliphatic rings. The second kappa shape index (κ2) is 13.9. The summed E-state index contributed by atoms with van der Waals surface area (Å²) < 4.78 is 31.5. The molecule has 13 nitrogen and oxygen atoms in total. The highest BCUT2D eigenvalue weighted by Gasteiger charge is 2.49. The monoisotopic (exact) mass is 655 g/mol. The number of nitrogens with two attached hydrogens (primary N) is 1. The van der Waals surface area contributed by atoms with E-state index in [4.69, 9.17) is 29.4 Å². The summed E-state index contributed by atoms with van der Waals surface area (Å²) in [7, 11) is 3.20. The minimum atomic E-state index is -1.33. The summed E-state index contributed by atoms with van der Waals surface area (Å²) in [5.41, 5.74) is 6.62. The van der Waals surface area contributed by atoms with Crippen LogP contribution in [0.4, 0.5) is 5.95 Å². The van der Waals surface area contributed by atoms with E-state index in [0.29, 0.717) is 17.9 Å². The van der Waals surface area contributed by atoms with Crippen molar-refractivity contribution in [3.8, 4) is 11.5 Å². The lowest BCUT2D eigenvalue weighted by Crippen LogP contribution is -2.40. The zero-order valence-corrected chi connectivity index (χ0v) is 26.7. The van der Waals surface area contributed by atoms with Crippen LogP contribution in [0.1, 0.15) is 42.7 Å². The molecule has 2 aromatic heterocycles. The fourth-order valence-electron chi connectivity index (χ4n) is 6.03. The average Bonchev–Trinajstić information content (AvgIpc) is 3.66. The second-order valence-electron chi connectivity index (χ2n) is 11.4. The number of nitrogen functional groups attached to an aromatic ring is 1. The Bertz CT molecular complexity index is 1860. The lowest BCUT2D eigenvalue weighted by molar-refractivity contribution is -0.158. The van der Waals surface area contributed by atoms with Crippen LogP contribution < -0.4 is 20.8 Å². The molecule has 0 aliphatic carbocycles. The number of carbonyl (C=O) groups excluding carboxylic acids is 1. The maximum atomic E-state index is 12.8. The van der Waals surface area contributed by atoms with Gasteiger partial charge in [0.2, 0.25) is 5.95 Å². The maximum absolute atomic E-state index is 12.8. The molecule has 48 heavy (non-hydrogen) atoms. The molecular weight excluding hydrogens is 618 g/mol. The third-order valence-corrected chi connectivity index (χ3v) is 8.40. The molecule has 0 bridgehead atoms. The second-order valence-corrected chi connectivity index (χ2v) is 11.4. The lowest BCUT2D eigenvalue weighted by atomic mass is 9.80. The van der Waals surface area contributed by atoms with Gasteiger partial charge in [0.25, 0.3) is 5.56 Å². The summed E-state index contributed by atoms with van der Waals surface area (Å²) >= 11 is 0. The number of esters is 1. The highest BCUT2D eigenvalue weighted by molar-refractivity contribution is 5.71. The summed E-state index contributed by atoms with van der Waals surface area (Å²) in [5, 5.41) is 11.7. The molecule has 1 saturated heterocycles. The van der Waals surface area contributed by atoms with E-state index >= 15 is 0 Å². The van der Waals surface area contributed by atoms with Crippen molar-refractivity contribution < 1.29 is 33.6 Å². The molecule has 3 aromatic carbocycles. The van der Waals surface area contributed by atoms with Crippen molar-refractivity contribution >= 4 is 23.1 Å². The minimum absolute atomic E-state index is 0.0164. The van der Waals surface area contributed by atoms with Crippen LogP contribution in [0.3, 0.4) is 0 Å². The van der Waals surface area contributed by atoms with Gasteiger partial charge in [-0.05, 0) is 47.4 Å². The number of carbonyl (C=O) groups is 1. The molecule has 0 unspecified atom stereocenters. The molecule has 0 amide bonds. The van der Waals surface area contributed by atoms with Crippen LogP contribution in [-0.4, -0.2) is 69.7 Å². The Morgan fingerprint density at radius 1 is 0.979 bits per heavy atom. The first-order chi connectivity index (χ1) is 23.3. The Balaban J connectivity index is 1.42. The Morgan fingerprint density at radius 3 is 2.17 bits per heavy atom. The van der Waals surface area contributed by atoms with Crippen LogP contribution in [-0.2, 0) is 24.6 Å². The van der Waals surface area contributed by atoms with Crippen molar-refractivity contribution in [2.75, 3.05) is 26.6 Å². The van der Waals surface area contributed by atoms with E-state index in [1.807, 2.05) is 85.8 Å². The van der Waals surface area contributed by atoms with Crippen LogP contribution in [0.15, 0.2) is 90.0 Å². The van der Waals surface area contributed by atoms with Crippen molar-refractivity contribution in [2.24, 2.45) is 0 Å². The van der Waals surface area contributed by atoms with E-state index in [1.54, 1.807) is 14.2 Å². The molecular formula is C35H37N5O8. The number of aromatic amines is 1. The number of aromatic nitrogens is 4. The molecule has 0 spiro atoms. The molecule has 4 atom stereocenters. The fourth-order valence-corrected chi connectivity index (χ4v) is 6.03. The lowest BCUT2D eigenvalue weighted by Gasteiger charge is -2.37. The number of aliphatic hydroxyl groups is 1. The van der Waals surface area contributed by atoms with E-state index in [1.165, 1.54) is 10.9 Å².